The third-order valence-electron chi connectivity index (χ3n) is 0.760. The van der Waals surface area contributed by atoms with Crippen molar-refractivity contribution in [1.29, 1.82) is 0 Å². The van der Waals surface area contributed by atoms with E-state index in [1.54, 1.807) is 0 Å². The summed E-state index contributed by atoms with van der Waals surface area (Å²) in [5.74, 6) is -1.96. The van der Waals surface area contributed by atoms with Crippen molar-refractivity contribution >= 4 is 24.0 Å². The Morgan fingerprint density at radius 1 is 1.17 bits per heavy atom. The maximum absolute atomic E-state index is 12.6. The Labute approximate surface area is 107 Å². The normalized spacial score (nSPS) is 14.2. The molecule has 0 atom stereocenters. The molecule has 0 heterocycles. The van der Waals surface area contributed by atoms with Crippen LogP contribution in [0, 0.1) is 10.7 Å². The van der Waals surface area contributed by atoms with Crippen molar-refractivity contribution in [2.24, 2.45) is 0 Å². The van der Waals surface area contributed by atoms with Gasteiger partial charge in [0.25, 0.3) is 0 Å². The summed E-state index contributed by atoms with van der Waals surface area (Å²) in [6.45, 7) is 5.61. The van der Waals surface area contributed by atoms with E-state index in [9.17, 15) is 8.78 Å². The van der Waals surface area contributed by atoms with Crippen LogP contribution in [0.2, 0.25) is 19.6 Å². The maximum atomic E-state index is 12.6. The van der Waals surface area contributed by atoms with Crippen LogP contribution in [0.3, 0.4) is 0 Å². The average Bonchev–Trinajstić information content (AvgIpc) is 1.82. The Bertz CT molecular complexity index is 196. The molecule has 0 fully saturated rings. The van der Waals surface area contributed by atoms with E-state index in [2.05, 4.69) is 21.6 Å². The maximum Gasteiger partial charge on any atom is 0 e. The number of allylic oxidation sites excluding steroid dienone is 2. The van der Waals surface area contributed by atoms with Crippen LogP contribution in [0.4, 0.5) is 8.78 Å². The zero-order chi connectivity index (χ0) is 9.07. The summed E-state index contributed by atoms with van der Waals surface area (Å²) >= 11 is 2.58. The second kappa shape index (κ2) is 6.57. The molecule has 0 unspecified atom stereocenters. The number of halogens is 3. The van der Waals surface area contributed by atoms with Gasteiger partial charge in [-0.2, -0.15) is 11.7 Å². The van der Waals surface area contributed by atoms with Crippen LogP contribution in [0.5, 0.6) is 0 Å². The van der Waals surface area contributed by atoms with Crippen LogP contribution in [-0.4, -0.2) is 8.07 Å². The Morgan fingerprint density at radius 3 is 1.83 bits per heavy atom. The van der Waals surface area contributed by atoms with Gasteiger partial charge in [-0.25, -0.2) is 15.9 Å². The fraction of sp³-hybridized carbons (Fsp3) is 0.429. The van der Waals surface area contributed by atoms with Gasteiger partial charge in [0.15, 0.2) is 0 Å². The minimum absolute atomic E-state index is 0. The van der Waals surface area contributed by atoms with Crippen molar-refractivity contribution in [1.82, 2.24) is 0 Å². The van der Waals surface area contributed by atoms with E-state index in [0.717, 1.165) is 0 Å². The van der Waals surface area contributed by atoms with Gasteiger partial charge in [-0.3, -0.25) is 4.99 Å². The first-order chi connectivity index (χ1) is 4.87. The van der Waals surface area contributed by atoms with Gasteiger partial charge in [0.1, 0.15) is 0 Å². The summed E-state index contributed by atoms with van der Waals surface area (Å²) in [5, 5.41) is 0. The molecule has 0 aliphatic rings. The quantitative estimate of drug-likeness (QED) is 0.413. The van der Waals surface area contributed by atoms with Crippen molar-refractivity contribution in [2.75, 3.05) is 0 Å². The summed E-state index contributed by atoms with van der Waals surface area (Å²) in [6, 6.07) is 0. The van der Waals surface area contributed by atoms with Gasteiger partial charge in [-0.15, -0.1) is 0 Å². The van der Waals surface area contributed by atoms with Gasteiger partial charge in [-0.1, -0.05) is 19.6 Å². The van der Waals surface area contributed by atoms with Crippen molar-refractivity contribution in [3.63, 3.8) is 0 Å². The topological polar surface area (TPSA) is 0 Å². The van der Waals surface area contributed by atoms with Gasteiger partial charge >= 0.3 is 0 Å². The van der Waals surface area contributed by atoms with Crippen LogP contribution in [0.15, 0.2) is 11.7 Å². The predicted octanol–water partition coefficient (Wildman–Crippen LogP) is 3.53. The van der Waals surface area contributed by atoms with Crippen molar-refractivity contribution < 1.29 is 41.5 Å². The molecular weight excluding hydrogens is 319 g/mol. The van der Waals surface area contributed by atoms with Crippen molar-refractivity contribution in [3.8, 4) is 0 Å². The van der Waals surface area contributed by atoms with E-state index in [0.29, 0.717) is 0 Å². The first-order valence-electron chi connectivity index (χ1n) is 3.07. The fourth-order valence-electron chi connectivity index (χ4n) is 0.426. The Hall–Kier alpha value is 1.14. The zero-order valence-electron chi connectivity index (χ0n) is 7.21. The molecule has 0 spiro atoms. The summed E-state index contributed by atoms with van der Waals surface area (Å²) in [5.41, 5.74) is 2.45. The molecule has 0 amide bonds. The van der Waals surface area contributed by atoms with Crippen molar-refractivity contribution in [3.05, 3.63) is 22.3 Å². The molecule has 0 aromatic rings. The third kappa shape index (κ3) is 7.77. The van der Waals surface area contributed by atoms with Crippen LogP contribution < -0.4 is 0 Å². The van der Waals surface area contributed by atoms with E-state index in [4.69, 9.17) is 0 Å². The number of rotatable bonds is 2. The van der Waals surface area contributed by atoms with E-state index in [1.165, 1.54) is 0 Å². The van der Waals surface area contributed by atoms with E-state index < -0.39 is 19.7 Å². The third-order valence-corrected chi connectivity index (χ3v) is 2.08. The molecular formula is C7H9BrF2SiY-2. The van der Waals surface area contributed by atoms with Crippen LogP contribution >= 0.6 is 15.9 Å². The van der Waals surface area contributed by atoms with Crippen LogP contribution in [0.1, 0.15) is 0 Å². The van der Waals surface area contributed by atoms with Gasteiger partial charge < -0.3 is 14.5 Å². The van der Waals surface area contributed by atoms with Gasteiger partial charge in [0.05, 0.1) is 0 Å². The summed E-state index contributed by atoms with van der Waals surface area (Å²) < 4.78 is 25.0. The fourth-order valence-corrected chi connectivity index (χ4v) is 1.37. The molecule has 0 rings (SSSR count). The molecule has 1 radical (unpaired) electrons. The Morgan fingerprint density at radius 2 is 1.58 bits per heavy atom. The first-order valence-corrected chi connectivity index (χ1v) is 7.36. The molecule has 0 N–H and O–H groups in total. The number of hydrogen-bond donors (Lipinski definition) is 0. The Kier molecular flexibility index (Phi) is 8.55. The largest absolute Gasteiger partial charge is 0.359 e. The summed E-state index contributed by atoms with van der Waals surface area (Å²) in [6.07, 6.45) is 0. The van der Waals surface area contributed by atoms with E-state index in [1.807, 2.05) is 24.6 Å². The van der Waals surface area contributed by atoms with Crippen LogP contribution in [0.25, 0.3) is 0 Å². The molecule has 0 aromatic heterocycles. The SMILES string of the molecule is C[Si](C)(C)[C-]=C(F)C(F)=[C-]Br.[Y]. The van der Waals surface area contributed by atoms with Gasteiger partial charge in [0, 0.05) is 32.7 Å². The zero-order valence-corrected chi connectivity index (χ0v) is 12.6. The second-order valence-electron chi connectivity index (χ2n) is 3.10. The monoisotopic (exact) mass is 327 g/mol. The minimum atomic E-state index is -1.78. The first kappa shape index (κ1) is 15.6. The molecule has 12 heavy (non-hydrogen) atoms. The van der Waals surface area contributed by atoms with E-state index >= 15 is 0 Å². The molecule has 67 valence electrons. The molecule has 5 heteroatoms. The van der Waals surface area contributed by atoms with Gasteiger partial charge in [0.2, 0.25) is 0 Å². The van der Waals surface area contributed by atoms with Crippen LogP contribution in [-0.2, 0) is 32.7 Å². The minimum Gasteiger partial charge on any atom is -0.359 e. The Balaban J connectivity index is 0. The van der Waals surface area contributed by atoms with Gasteiger partial charge in [-0.05, 0) is 8.07 Å². The smallest absolute Gasteiger partial charge is 0 e. The predicted molar refractivity (Wildman–Crippen MR) is 48.0 cm³/mol. The molecule has 0 saturated heterocycles. The number of hydrogen-bond acceptors (Lipinski definition) is 0. The molecule has 0 saturated carbocycles. The molecule has 0 nitrogen and oxygen atoms in total. The molecule has 0 bridgehead atoms. The second-order valence-corrected chi connectivity index (χ2v) is 8.24. The molecule has 0 aliphatic carbocycles. The van der Waals surface area contributed by atoms with E-state index in [-0.39, 0.29) is 32.7 Å². The standard InChI is InChI=1S/C7H9BrF2Si.Y/c1-11(2,3)5-7(10)6(9)4-8;/h1-3H3;/q-2;. The summed E-state index contributed by atoms with van der Waals surface area (Å²) in [7, 11) is -1.78. The molecule has 0 aromatic carbocycles. The average molecular weight is 328 g/mol. The van der Waals surface area contributed by atoms with Crippen molar-refractivity contribution in [2.45, 2.75) is 19.6 Å². The molecule has 0 aliphatic heterocycles. The summed E-state index contributed by atoms with van der Waals surface area (Å²) in [4.78, 5) is 1.90.